The van der Waals surface area contributed by atoms with Crippen LogP contribution in [0.4, 0.5) is 5.69 Å². The summed E-state index contributed by atoms with van der Waals surface area (Å²) >= 11 is 0. The van der Waals surface area contributed by atoms with Gasteiger partial charge >= 0.3 is 0 Å². The number of nitrogens with zero attached hydrogens (tertiary/aromatic N) is 2. The molecule has 7 nitrogen and oxygen atoms in total. The Bertz CT molecular complexity index is 661. The lowest BCUT2D eigenvalue weighted by atomic mass is 10.1. The fourth-order valence-electron chi connectivity index (χ4n) is 3.16. The van der Waals surface area contributed by atoms with Gasteiger partial charge in [0.25, 0.3) is 0 Å². The highest BCUT2D eigenvalue weighted by atomic mass is 16.2. The molecule has 1 atom stereocenters. The molecule has 2 rings (SSSR count). The number of aryl methyl sites for hydroxylation is 2. The Morgan fingerprint density at radius 3 is 2.19 bits per heavy atom. The van der Waals surface area contributed by atoms with Crippen LogP contribution in [0.3, 0.4) is 0 Å². The second kappa shape index (κ2) is 8.80. The van der Waals surface area contributed by atoms with Crippen LogP contribution in [0.25, 0.3) is 0 Å². The van der Waals surface area contributed by atoms with Crippen molar-refractivity contribution in [2.24, 2.45) is 0 Å². The highest BCUT2D eigenvalue weighted by Gasteiger charge is 2.26. The second-order valence-electron chi connectivity index (χ2n) is 6.84. The fraction of sp³-hybridized carbons (Fsp3) is 0.526. The van der Waals surface area contributed by atoms with Gasteiger partial charge in [-0.2, -0.15) is 0 Å². The SMILES string of the molecule is CC(=O)NC(C)C(=O)N1CCN(CC(=O)Nc2c(C)cccc2C)CC1. The van der Waals surface area contributed by atoms with E-state index >= 15 is 0 Å². The summed E-state index contributed by atoms with van der Waals surface area (Å²) in [4.78, 5) is 39.5. The van der Waals surface area contributed by atoms with Gasteiger partial charge in [-0.05, 0) is 31.9 Å². The Morgan fingerprint density at radius 2 is 1.65 bits per heavy atom. The maximum atomic E-state index is 12.3. The largest absolute Gasteiger partial charge is 0.345 e. The molecular formula is C19H28N4O3. The van der Waals surface area contributed by atoms with Gasteiger partial charge in [0.1, 0.15) is 6.04 Å². The number of nitrogens with one attached hydrogen (secondary N) is 2. The van der Waals surface area contributed by atoms with Crippen LogP contribution in [0.1, 0.15) is 25.0 Å². The number of para-hydroxylation sites is 1. The molecule has 0 radical (unpaired) electrons. The van der Waals surface area contributed by atoms with Gasteiger partial charge in [-0.15, -0.1) is 0 Å². The summed E-state index contributed by atoms with van der Waals surface area (Å²) < 4.78 is 0. The second-order valence-corrected chi connectivity index (χ2v) is 6.84. The van der Waals surface area contributed by atoms with Crippen molar-refractivity contribution in [1.82, 2.24) is 15.1 Å². The Hall–Kier alpha value is -2.41. The minimum absolute atomic E-state index is 0.0474. The van der Waals surface area contributed by atoms with Gasteiger partial charge in [0, 0.05) is 38.8 Å². The molecule has 0 bridgehead atoms. The van der Waals surface area contributed by atoms with Gasteiger partial charge in [-0.1, -0.05) is 18.2 Å². The van der Waals surface area contributed by atoms with Crippen LogP contribution < -0.4 is 10.6 Å². The minimum atomic E-state index is -0.522. The first-order valence-corrected chi connectivity index (χ1v) is 8.92. The first kappa shape index (κ1) is 19.9. The van der Waals surface area contributed by atoms with E-state index in [1.807, 2.05) is 36.9 Å². The maximum Gasteiger partial charge on any atom is 0.244 e. The predicted molar refractivity (Wildman–Crippen MR) is 101 cm³/mol. The van der Waals surface area contributed by atoms with E-state index in [0.29, 0.717) is 32.7 Å². The Balaban J connectivity index is 1.82. The third-order valence-corrected chi connectivity index (χ3v) is 4.59. The quantitative estimate of drug-likeness (QED) is 0.818. The highest BCUT2D eigenvalue weighted by molar-refractivity contribution is 5.93. The highest BCUT2D eigenvalue weighted by Crippen LogP contribution is 2.19. The Morgan fingerprint density at radius 1 is 1.08 bits per heavy atom. The molecule has 0 aromatic heterocycles. The lowest BCUT2D eigenvalue weighted by molar-refractivity contribution is -0.137. The van der Waals surface area contributed by atoms with Crippen molar-refractivity contribution >= 4 is 23.4 Å². The zero-order valence-electron chi connectivity index (χ0n) is 16.0. The van der Waals surface area contributed by atoms with Crippen molar-refractivity contribution in [3.63, 3.8) is 0 Å². The lowest BCUT2D eigenvalue weighted by Gasteiger charge is -2.35. The number of carbonyl (C=O) groups is 3. The number of rotatable bonds is 5. The van der Waals surface area contributed by atoms with Crippen LogP contribution in [0.5, 0.6) is 0 Å². The molecule has 1 aliphatic rings. The molecule has 0 saturated carbocycles. The molecule has 1 heterocycles. The van der Waals surface area contributed by atoms with Gasteiger partial charge in [0.15, 0.2) is 0 Å². The van der Waals surface area contributed by atoms with E-state index in [9.17, 15) is 14.4 Å². The molecule has 1 saturated heterocycles. The van der Waals surface area contributed by atoms with Crippen molar-refractivity contribution in [2.45, 2.75) is 33.7 Å². The fourth-order valence-corrected chi connectivity index (χ4v) is 3.16. The average Bonchev–Trinajstić information content (AvgIpc) is 2.58. The number of anilines is 1. The van der Waals surface area contributed by atoms with Gasteiger partial charge < -0.3 is 15.5 Å². The van der Waals surface area contributed by atoms with Gasteiger partial charge in [0.2, 0.25) is 17.7 Å². The molecule has 1 aromatic carbocycles. The van der Waals surface area contributed by atoms with E-state index < -0.39 is 6.04 Å². The van der Waals surface area contributed by atoms with Crippen LogP contribution in [0.15, 0.2) is 18.2 Å². The van der Waals surface area contributed by atoms with E-state index in [4.69, 9.17) is 0 Å². The summed E-state index contributed by atoms with van der Waals surface area (Å²) in [5.41, 5.74) is 2.96. The molecule has 0 spiro atoms. The number of piperazine rings is 1. The monoisotopic (exact) mass is 360 g/mol. The summed E-state index contributed by atoms with van der Waals surface area (Å²) in [6, 6.07) is 5.40. The predicted octanol–water partition coefficient (Wildman–Crippen LogP) is 0.911. The number of hydrogen-bond acceptors (Lipinski definition) is 4. The molecule has 1 fully saturated rings. The van der Waals surface area contributed by atoms with E-state index in [1.54, 1.807) is 11.8 Å². The Labute approximate surface area is 154 Å². The molecule has 3 amide bonds. The van der Waals surface area contributed by atoms with Crippen LogP contribution in [0, 0.1) is 13.8 Å². The summed E-state index contributed by atoms with van der Waals surface area (Å²) in [6.45, 7) is 9.73. The van der Waals surface area contributed by atoms with E-state index in [1.165, 1.54) is 6.92 Å². The van der Waals surface area contributed by atoms with E-state index in [0.717, 1.165) is 16.8 Å². The summed E-state index contributed by atoms with van der Waals surface area (Å²) in [5, 5.41) is 5.60. The normalized spacial score (nSPS) is 16.1. The molecule has 1 unspecified atom stereocenters. The standard InChI is InChI=1S/C19H28N4O3/c1-13-6-5-7-14(2)18(13)21-17(25)12-22-8-10-23(11-9-22)19(26)15(3)20-16(4)24/h5-7,15H,8-12H2,1-4H3,(H,20,24)(H,21,25). The van der Waals surface area contributed by atoms with Crippen LogP contribution >= 0.6 is 0 Å². The first-order chi connectivity index (χ1) is 12.3. The molecule has 1 aliphatic heterocycles. The van der Waals surface area contributed by atoms with Crippen molar-refractivity contribution < 1.29 is 14.4 Å². The first-order valence-electron chi connectivity index (χ1n) is 8.92. The van der Waals surface area contributed by atoms with Crippen molar-refractivity contribution in [2.75, 3.05) is 38.0 Å². The number of carbonyl (C=O) groups excluding carboxylic acids is 3. The zero-order valence-corrected chi connectivity index (χ0v) is 16.0. The number of hydrogen-bond donors (Lipinski definition) is 2. The van der Waals surface area contributed by atoms with Crippen LogP contribution in [-0.2, 0) is 14.4 Å². The van der Waals surface area contributed by atoms with Gasteiger partial charge in [0.05, 0.1) is 6.54 Å². The average molecular weight is 360 g/mol. The lowest BCUT2D eigenvalue weighted by Crippen LogP contribution is -2.54. The molecule has 2 N–H and O–H groups in total. The molecule has 7 heteroatoms. The van der Waals surface area contributed by atoms with Crippen molar-refractivity contribution in [1.29, 1.82) is 0 Å². The van der Waals surface area contributed by atoms with E-state index in [-0.39, 0.29) is 17.7 Å². The third kappa shape index (κ3) is 5.29. The summed E-state index contributed by atoms with van der Waals surface area (Å²) in [7, 11) is 0. The molecule has 0 aliphatic carbocycles. The molecule has 26 heavy (non-hydrogen) atoms. The van der Waals surface area contributed by atoms with Crippen LogP contribution in [0.2, 0.25) is 0 Å². The van der Waals surface area contributed by atoms with Crippen molar-refractivity contribution in [3.05, 3.63) is 29.3 Å². The van der Waals surface area contributed by atoms with E-state index in [2.05, 4.69) is 10.6 Å². The smallest absolute Gasteiger partial charge is 0.244 e. The number of amides is 3. The Kier molecular flexibility index (Phi) is 6.74. The zero-order chi connectivity index (χ0) is 19.3. The molecular weight excluding hydrogens is 332 g/mol. The third-order valence-electron chi connectivity index (χ3n) is 4.59. The minimum Gasteiger partial charge on any atom is -0.345 e. The molecule has 1 aromatic rings. The van der Waals surface area contributed by atoms with Gasteiger partial charge in [-0.3, -0.25) is 19.3 Å². The summed E-state index contributed by atoms with van der Waals surface area (Å²) in [5.74, 6) is -0.346. The topological polar surface area (TPSA) is 81.8 Å². The maximum absolute atomic E-state index is 12.3. The number of benzene rings is 1. The van der Waals surface area contributed by atoms with Gasteiger partial charge in [-0.25, -0.2) is 0 Å². The molecule has 142 valence electrons. The summed E-state index contributed by atoms with van der Waals surface area (Å²) in [6.07, 6.45) is 0. The van der Waals surface area contributed by atoms with Crippen molar-refractivity contribution in [3.8, 4) is 0 Å². The van der Waals surface area contributed by atoms with Crippen LogP contribution in [-0.4, -0.2) is 66.3 Å².